The Labute approximate surface area is 136 Å². The van der Waals surface area contributed by atoms with Crippen molar-refractivity contribution >= 4 is 23.2 Å². The number of para-hydroxylation sites is 1. The van der Waals surface area contributed by atoms with Gasteiger partial charge in [0.1, 0.15) is 5.75 Å². The van der Waals surface area contributed by atoms with Crippen molar-refractivity contribution in [1.82, 2.24) is 0 Å². The number of ether oxygens (including phenoxy) is 1. The molecular formula is C18H20ClNO2. The Balaban J connectivity index is 1.79. The molecular weight excluding hydrogens is 298 g/mol. The fourth-order valence-corrected chi connectivity index (χ4v) is 2.18. The number of carbonyl (C=O) groups excluding carboxylic acids is 1. The number of nitrogens with one attached hydrogen (secondary N) is 1. The third-order valence-corrected chi connectivity index (χ3v) is 3.60. The zero-order chi connectivity index (χ0) is 15.9. The zero-order valence-electron chi connectivity index (χ0n) is 12.8. The van der Waals surface area contributed by atoms with E-state index in [0.29, 0.717) is 23.3 Å². The molecule has 0 spiro atoms. The molecule has 0 fully saturated rings. The lowest BCUT2D eigenvalue weighted by Crippen LogP contribution is -2.15. The van der Waals surface area contributed by atoms with Gasteiger partial charge in [-0.3, -0.25) is 4.79 Å². The van der Waals surface area contributed by atoms with Crippen LogP contribution >= 0.6 is 11.6 Å². The number of amides is 1. The Morgan fingerprint density at radius 3 is 2.45 bits per heavy atom. The summed E-state index contributed by atoms with van der Waals surface area (Å²) in [6.45, 7) is 4.57. The molecule has 0 saturated heterocycles. The van der Waals surface area contributed by atoms with E-state index in [1.807, 2.05) is 36.4 Å². The molecule has 0 aliphatic rings. The number of hydrogen-bond donors (Lipinski definition) is 1. The molecule has 0 unspecified atom stereocenters. The van der Waals surface area contributed by atoms with Crippen molar-refractivity contribution in [1.29, 1.82) is 0 Å². The minimum atomic E-state index is -0.0793. The summed E-state index contributed by atoms with van der Waals surface area (Å²) in [6.07, 6.45) is 0.275. The van der Waals surface area contributed by atoms with Crippen LogP contribution in [0.25, 0.3) is 0 Å². The van der Waals surface area contributed by atoms with Crippen LogP contribution < -0.4 is 10.1 Å². The van der Waals surface area contributed by atoms with Gasteiger partial charge in [-0.05, 0) is 35.7 Å². The van der Waals surface area contributed by atoms with Gasteiger partial charge in [-0.1, -0.05) is 49.7 Å². The van der Waals surface area contributed by atoms with Crippen molar-refractivity contribution in [3.8, 4) is 5.75 Å². The zero-order valence-corrected chi connectivity index (χ0v) is 13.6. The lowest BCUT2D eigenvalue weighted by molar-refractivity contribution is -0.116. The van der Waals surface area contributed by atoms with E-state index in [1.165, 1.54) is 5.56 Å². The number of hydrogen-bond acceptors (Lipinski definition) is 2. The van der Waals surface area contributed by atoms with Gasteiger partial charge in [-0.2, -0.15) is 0 Å². The summed E-state index contributed by atoms with van der Waals surface area (Å²) in [4.78, 5) is 11.9. The van der Waals surface area contributed by atoms with Gasteiger partial charge in [0.2, 0.25) is 5.91 Å². The second kappa shape index (κ2) is 7.85. The largest absolute Gasteiger partial charge is 0.491 e. The highest BCUT2D eigenvalue weighted by Gasteiger charge is 2.05. The van der Waals surface area contributed by atoms with Gasteiger partial charge < -0.3 is 10.1 Å². The molecule has 4 heteroatoms. The second-order valence-electron chi connectivity index (χ2n) is 5.35. The summed E-state index contributed by atoms with van der Waals surface area (Å²) in [5.74, 6) is 0.997. The highest BCUT2D eigenvalue weighted by atomic mass is 35.5. The van der Waals surface area contributed by atoms with E-state index >= 15 is 0 Å². The molecule has 0 radical (unpaired) electrons. The van der Waals surface area contributed by atoms with Crippen LogP contribution in [-0.4, -0.2) is 12.5 Å². The highest BCUT2D eigenvalue weighted by molar-refractivity contribution is 6.32. The average molecular weight is 318 g/mol. The molecule has 116 valence electrons. The van der Waals surface area contributed by atoms with Crippen molar-refractivity contribution in [2.24, 2.45) is 0 Å². The maximum atomic E-state index is 11.9. The number of anilines is 1. The first-order valence-corrected chi connectivity index (χ1v) is 7.71. The number of benzene rings is 2. The maximum Gasteiger partial charge on any atom is 0.227 e. The average Bonchev–Trinajstić information content (AvgIpc) is 2.50. The third kappa shape index (κ3) is 4.78. The van der Waals surface area contributed by atoms with Crippen molar-refractivity contribution in [3.63, 3.8) is 0 Å². The molecule has 0 atom stereocenters. The number of halogens is 1. The summed E-state index contributed by atoms with van der Waals surface area (Å²) in [6, 6.07) is 15.1. The van der Waals surface area contributed by atoms with E-state index in [2.05, 4.69) is 19.2 Å². The topological polar surface area (TPSA) is 38.3 Å². The van der Waals surface area contributed by atoms with E-state index < -0.39 is 0 Å². The third-order valence-electron chi connectivity index (χ3n) is 3.28. The van der Waals surface area contributed by atoms with E-state index in [1.54, 1.807) is 12.1 Å². The van der Waals surface area contributed by atoms with Crippen molar-refractivity contribution in [3.05, 3.63) is 59.1 Å². The Bertz CT molecular complexity index is 623. The Hall–Kier alpha value is -2.00. The Morgan fingerprint density at radius 2 is 1.82 bits per heavy atom. The Morgan fingerprint density at radius 1 is 1.14 bits per heavy atom. The lowest BCUT2D eigenvalue weighted by Gasteiger charge is -2.10. The molecule has 2 aromatic carbocycles. The molecule has 1 N–H and O–H groups in total. The fourth-order valence-electron chi connectivity index (χ4n) is 1.99. The minimum Gasteiger partial charge on any atom is -0.491 e. The van der Waals surface area contributed by atoms with Crippen molar-refractivity contribution < 1.29 is 9.53 Å². The van der Waals surface area contributed by atoms with Crippen LogP contribution in [0.5, 0.6) is 5.75 Å². The maximum absolute atomic E-state index is 11.9. The van der Waals surface area contributed by atoms with Crippen LogP contribution in [-0.2, 0) is 4.79 Å². The quantitative estimate of drug-likeness (QED) is 0.825. The summed E-state index contributed by atoms with van der Waals surface area (Å²) in [5.41, 5.74) is 2.05. The van der Waals surface area contributed by atoms with Gasteiger partial charge in [0.05, 0.1) is 18.1 Å². The first-order chi connectivity index (χ1) is 10.6. The normalized spacial score (nSPS) is 10.5. The smallest absolute Gasteiger partial charge is 0.227 e. The van der Waals surface area contributed by atoms with Crippen LogP contribution in [0.15, 0.2) is 48.5 Å². The molecule has 0 bridgehead atoms. The molecule has 0 aliphatic carbocycles. The van der Waals surface area contributed by atoms with Crippen LogP contribution in [0.2, 0.25) is 5.02 Å². The minimum absolute atomic E-state index is 0.0793. The van der Waals surface area contributed by atoms with Gasteiger partial charge in [0, 0.05) is 5.69 Å². The predicted octanol–water partition coefficient (Wildman–Crippen LogP) is 4.87. The second-order valence-corrected chi connectivity index (χ2v) is 5.76. The molecule has 3 nitrogen and oxygen atoms in total. The van der Waals surface area contributed by atoms with Crippen LogP contribution in [0.4, 0.5) is 5.69 Å². The molecule has 22 heavy (non-hydrogen) atoms. The fraction of sp³-hybridized carbons (Fsp3) is 0.278. The molecule has 1 amide bonds. The van der Waals surface area contributed by atoms with Crippen molar-refractivity contribution in [2.45, 2.75) is 26.2 Å². The summed E-state index contributed by atoms with van der Waals surface area (Å²) in [5, 5.41) is 3.41. The predicted molar refractivity (Wildman–Crippen MR) is 90.7 cm³/mol. The highest BCUT2D eigenvalue weighted by Crippen LogP contribution is 2.23. The van der Waals surface area contributed by atoms with Crippen LogP contribution in [0, 0.1) is 0 Å². The molecule has 2 aromatic rings. The SMILES string of the molecule is CC(C)c1ccc(NC(=O)CCOc2ccccc2Cl)cc1. The van der Waals surface area contributed by atoms with E-state index in [4.69, 9.17) is 16.3 Å². The van der Waals surface area contributed by atoms with Gasteiger partial charge in [0.25, 0.3) is 0 Å². The molecule has 0 aromatic heterocycles. The Kier molecular flexibility index (Phi) is 5.84. The first-order valence-electron chi connectivity index (χ1n) is 7.33. The molecule has 2 rings (SSSR count). The standard InChI is InChI=1S/C18H20ClNO2/c1-13(2)14-7-9-15(10-8-14)20-18(21)11-12-22-17-6-4-3-5-16(17)19/h3-10,13H,11-12H2,1-2H3,(H,20,21). The van der Waals surface area contributed by atoms with Gasteiger partial charge in [-0.25, -0.2) is 0 Å². The van der Waals surface area contributed by atoms with Gasteiger partial charge in [0.15, 0.2) is 0 Å². The van der Waals surface area contributed by atoms with E-state index in [9.17, 15) is 4.79 Å². The van der Waals surface area contributed by atoms with Crippen LogP contribution in [0.1, 0.15) is 31.7 Å². The van der Waals surface area contributed by atoms with Gasteiger partial charge in [-0.15, -0.1) is 0 Å². The summed E-state index contributed by atoms with van der Waals surface area (Å²) >= 11 is 5.98. The van der Waals surface area contributed by atoms with Crippen LogP contribution in [0.3, 0.4) is 0 Å². The molecule has 0 aliphatic heterocycles. The monoisotopic (exact) mass is 317 g/mol. The first kappa shape index (κ1) is 16.4. The summed E-state index contributed by atoms with van der Waals surface area (Å²) in [7, 11) is 0. The van der Waals surface area contributed by atoms with E-state index in [-0.39, 0.29) is 12.3 Å². The van der Waals surface area contributed by atoms with E-state index in [0.717, 1.165) is 5.69 Å². The van der Waals surface area contributed by atoms with Gasteiger partial charge >= 0.3 is 0 Å². The number of rotatable bonds is 6. The number of carbonyl (C=O) groups is 1. The lowest BCUT2D eigenvalue weighted by atomic mass is 10.0. The summed E-state index contributed by atoms with van der Waals surface area (Å²) < 4.78 is 5.50. The molecule has 0 saturated carbocycles. The molecule has 0 heterocycles. The van der Waals surface area contributed by atoms with Crippen molar-refractivity contribution in [2.75, 3.05) is 11.9 Å².